The maximum Gasteiger partial charge on any atom is 0.191 e. The minimum Gasteiger partial charge on any atom is -0.357 e. The van der Waals surface area contributed by atoms with Crippen LogP contribution in [0.25, 0.3) is 0 Å². The lowest BCUT2D eigenvalue weighted by atomic mass is 10.2. The molecule has 6 heteroatoms. The van der Waals surface area contributed by atoms with Crippen LogP contribution in [0.4, 0.5) is 0 Å². The van der Waals surface area contributed by atoms with E-state index >= 15 is 0 Å². The highest BCUT2D eigenvalue weighted by molar-refractivity contribution is 7.09. The minimum atomic E-state index is 0.510. The number of thiazole rings is 1. The van der Waals surface area contributed by atoms with Crippen molar-refractivity contribution in [1.29, 1.82) is 0 Å². The van der Waals surface area contributed by atoms with Crippen molar-refractivity contribution in [2.75, 3.05) is 26.2 Å². The molecule has 0 aliphatic rings. The number of nitrogens with one attached hydrogen (secondary N) is 2. The average Bonchev–Trinajstić information content (AvgIpc) is 2.99. The van der Waals surface area contributed by atoms with Crippen molar-refractivity contribution in [2.24, 2.45) is 4.99 Å². The minimum absolute atomic E-state index is 0.510. The van der Waals surface area contributed by atoms with Crippen molar-refractivity contribution in [1.82, 2.24) is 20.5 Å². The Hall–Kier alpha value is -1.14. The Kier molecular flexibility index (Phi) is 10.0. The Morgan fingerprint density at radius 2 is 1.84 bits per heavy atom. The predicted molar refractivity (Wildman–Crippen MR) is 111 cm³/mol. The molecule has 1 heterocycles. The first kappa shape index (κ1) is 21.9. The van der Waals surface area contributed by atoms with E-state index in [0.717, 1.165) is 38.6 Å². The third-order valence-electron chi connectivity index (χ3n) is 4.04. The van der Waals surface area contributed by atoms with E-state index in [1.54, 1.807) is 11.3 Å². The van der Waals surface area contributed by atoms with E-state index in [-0.39, 0.29) is 0 Å². The van der Waals surface area contributed by atoms with Gasteiger partial charge in [0.15, 0.2) is 5.96 Å². The summed E-state index contributed by atoms with van der Waals surface area (Å²) in [5, 5.41) is 10.1. The zero-order chi connectivity index (χ0) is 18.8. The van der Waals surface area contributed by atoms with Gasteiger partial charge in [-0.2, -0.15) is 0 Å². The van der Waals surface area contributed by atoms with Crippen LogP contribution in [0, 0.1) is 0 Å². The van der Waals surface area contributed by atoms with Crippen LogP contribution in [0.1, 0.15) is 65.1 Å². The molecule has 0 saturated carbocycles. The van der Waals surface area contributed by atoms with Gasteiger partial charge < -0.3 is 10.6 Å². The molecule has 0 radical (unpaired) electrons. The van der Waals surface area contributed by atoms with Crippen molar-refractivity contribution in [2.45, 2.75) is 72.9 Å². The summed E-state index contributed by atoms with van der Waals surface area (Å²) in [6.07, 6.45) is 0.928. The van der Waals surface area contributed by atoms with Crippen LogP contribution >= 0.6 is 11.3 Å². The van der Waals surface area contributed by atoms with Gasteiger partial charge in [0.25, 0.3) is 0 Å². The summed E-state index contributed by atoms with van der Waals surface area (Å²) in [6.45, 7) is 19.0. The molecule has 0 fully saturated rings. The molecule has 1 aromatic heterocycles. The Morgan fingerprint density at radius 3 is 2.36 bits per heavy atom. The molecule has 1 rings (SSSR count). The van der Waals surface area contributed by atoms with Gasteiger partial charge in [-0.3, -0.25) is 9.89 Å². The van der Waals surface area contributed by atoms with E-state index in [2.05, 4.69) is 74.4 Å². The second-order valence-electron chi connectivity index (χ2n) is 7.19. The van der Waals surface area contributed by atoms with Gasteiger partial charge >= 0.3 is 0 Å². The molecule has 144 valence electrons. The van der Waals surface area contributed by atoms with Gasteiger partial charge in [-0.05, 0) is 34.6 Å². The third-order valence-corrected chi connectivity index (χ3v) is 5.23. The van der Waals surface area contributed by atoms with Crippen LogP contribution in [0.5, 0.6) is 0 Å². The van der Waals surface area contributed by atoms with E-state index in [1.807, 2.05) is 0 Å². The summed E-state index contributed by atoms with van der Waals surface area (Å²) in [6, 6.07) is 1.09. The van der Waals surface area contributed by atoms with Crippen LogP contribution in [0.15, 0.2) is 10.4 Å². The number of guanidine groups is 1. The molecule has 0 unspecified atom stereocenters. The topological polar surface area (TPSA) is 52.6 Å². The van der Waals surface area contributed by atoms with Crippen molar-refractivity contribution in [3.8, 4) is 0 Å². The zero-order valence-corrected chi connectivity index (χ0v) is 17.9. The molecule has 0 aliphatic heterocycles. The Labute approximate surface area is 158 Å². The Morgan fingerprint density at radius 1 is 1.16 bits per heavy atom. The van der Waals surface area contributed by atoms with Crippen LogP contribution in [0.3, 0.4) is 0 Å². The SMILES string of the molecule is CCNC(=NCCN(C(C)C)C(C)C)NCCc1csc(C(C)C)n1. The van der Waals surface area contributed by atoms with Gasteiger partial charge in [0.05, 0.1) is 17.2 Å². The summed E-state index contributed by atoms with van der Waals surface area (Å²) < 4.78 is 0. The van der Waals surface area contributed by atoms with E-state index in [9.17, 15) is 0 Å². The smallest absolute Gasteiger partial charge is 0.191 e. The molecule has 0 amide bonds. The second kappa shape index (κ2) is 11.5. The molecule has 0 aromatic carbocycles. The van der Waals surface area contributed by atoms with Crippen molar-refractivity contribution in [3.05, 3.63) is 16.1 Å². The standard InChI is InChI=1S/C19H37N5S/c1-8-20-19(22-11-12-24(15(4)5)16(6)7)21-10-9-17-13-25-18(23-17)14(2)3/h13-16H,8-12H2,1-7H3,(H2,20,21,22). The number of aromatic nitrogens is 1. The molecular formula is C19H37N5S. The highest BCUT2D eigenvalue weighted by Crippen LogP contribution is 2.19. The van der Waals surface area contributed by atoms with Gasteiger partial charge in [-0.25, -0.2) is 4.98 Å². The van der Waals surface area contributed by atoms with Gasteiger partial charge in [0, 0.05) is 49.4 Å². The second-order valence-corrected chi connectivity index (χ2v) is 8.08. The fraction of sp³-hybridized carbons (Fsp3) is 0.789. The first-order valence-corrected chi connectivity index (χ1v) is 10.4. The van der Waals surface area contributed by atoms with Gasteiger partial charge in [-0.15, -0.1) is 11.3 Å². The van der Waals surface area contributed by atoms with Crippen LogP contribution in [0.2, 0.25) is 0 Å². The lowest BCUT2D eigenvalue weighted by Gasteiger charge is -2.29. The highest BCUT2D eigenvalue weighted by Gasteiger charge is 2.12. The zero-order valence-electron chi connectivity index (χ0n) is 17.1. The summed E-state index contributed by atoms with van der Waals surface area (Å²) in [5.41, 5.74) is 1.17. The fourth-order valence-corrected chi connectivity index (χ4v) is 3.61. The van der Waals surface area contributed by atoms with Crippen molar-refractivity contribution < 1.29 is 0 Å². The van der Waals surface area contributed by atoms with Crippen LogP contribution < -0.4 is 10.6 Å². The van der Waals surface area contributed by atoms with Crippen LogP contribution in [-0.4, -0.2) is 54.1 Å². The molecule has 0 bridgehead atoms. The van der Waals surface area contributed by atoms with Gasteiger partial charge in [-0.1, -0.05) is 13.8 Å². The normalized spacial score (nSPS) is 12.7. The van der Waals surface area contributed by atoms with Gasteiger partial charge in [0.2, 0.25) is 0 Å². The lowest BCUT2D eigenvalue weighted by molar-refractivity contribution is 0.181. The molecule has 25 heavy (non-hydrogen) atoms. The van der Waals surface area contributed by atoms with E-state index in [1.165, 1.54) is 10.7 Å². The molecule has 1 aromatic rings. The van der Waals surface area contributed by atoms with E-state index in [0.29, 0.717) is 18.0 Å². The number of nitrogens with zero attached hydrogens (tertiary/aromatic N) is 3. The van der Waals surface area contributed by atoms with Gasteiger partial charge in [0.1, 0.15) is 0 Å². The van der Waals surface area contributed by atoms with E-state index in [4.69, 9.17) is 4.99 Å². The molecule has 0 aliphatic carbocycles. The molecule has 0 spiro atoms. The summed E-state index contributed by atoms with van der Waals surface area (Å²) in [5.74, 6) is 1.41. The molecule has 2 N–H and O–H groups in total. The molecular weight excluding hydrogens is 330 g/mol. The Balaban J connectivity index is 2.46. The highest BCUT2D eigenvalue weighted by atomic mass is 32.1. The molecule has 0 atom stereocenters. The average molecular weight is 368 g/mol. The molecule has 0 saturated heterocycles. The third kappa shape index (κ3) is 8.19. The summed E-state index contributed by atoms with van der Waals surface area (Å²) in [7, 11) is 0. The first-order chi connectivity index (χ1) is 11.8. The first-order valence-electron chi connectivity index (χ1n) is 9.57. The number of hydrogen-bond acceptors (Lipinski definition) is 4. The maximum absolute atomic E-state index is 4.72. The maximum atomic E-state index is 4.72. The quantitative estimate of drug-likeness (QED) is 0.491. The largest absolute Gasteiger partial charge is 0.357 e. The van der Waals surface area contributed by atoms with E-state index < -0.39 is 0 Å². The molecule has 5 nitrogen and oxygen atoms in total. The number of aliphatic imine (C=N–C) groups is 1. The monoisotopic (exact) mass is 367 g/mol. The lowest BCUT2D eigenvalue weighted by Crippen LogP contribution is -2.41. The van der Waals surface area contributed by atoms with Crippen molar-refractivity contribution in [3.63, 3.8) is 0 Å². The fourth-order valence-electron chi connectivity index (χ4n) is 2.74. The van der Waals surface area contributed by atoms with Crippen LogP contribution in [-0.2, 0) is 6.42 Å². The predicted octanol–water partition coefficient (Wildman–Crippen LogP) is 3.48. The summed E-state index contributed by atoms with van der Waals surface area (Å²) in [4.78, 5) is 11.9. The number of rotatable bonds is 10. The number of hydrogen-bond donors (Lipinski definition) is 2. The Bertz CT molecular complexity index is 500. The van der Waals surface area contributed by atoms with Crippen molar-refractivity contribution >= 4 is 17.3 Å². The summed E-state index contributed by atoms with van der Waals surface area (Å²) >= 11 is 1.76.